The van der Waals surface area contributed by atoms with Crippen molar-refractivity contribution in [2.45, 2.75) is 18.7 Å². The van der Waals surface area contributed by atoms with E-state index in [4.69, 9.17) is 0 Å². The third-order valence-electron chi connectivity index (χ3n) is 3.13. The number of carbonyl (C=O) groups is 1. The van der Waals surface area contributed by atoms with E-state index >= 15 is 0 Å². The van der Waals surface area contributed by atoms with Crippen molar-refractivity contribution in [3.63, 3.8) is 0 Å². The molecule has 23 heavy (non-hydrogen) atoms. The van der Waals surface area contributed by atoms with Crippen LogP contribution in [0.1, 0.15) is 21.6 Å². The van der Waals surface area contributed by atoms with Crippen LogP contribution in [0, 0.1) is 0 Å². The molecule has 0 saturated heterocycles. The highest BCUT2D eigenvalue weighted by molar-refractivity contribution is 5.93. The van der Waals surface area contributed by atoms with E-state index in [1.54, 1.807) is 0 Å². The Labute approximate surface area is 131 Å². The molecule has 2 aromatic rings. The molecule has 1 atom stereocenters. The third kappa shape index (κ3) is 5.07. The van der Waals surface area contributed by atoms with Crippen molar-refractivity contribution in [1.29, 1.82) is 0 Å². The summed E-state index contributed by atoms with van der Waals surface area (Å²) in [4.78, 5) is 15.0. The van der Waals surface area contributed by atoms with Crippen LogP contribution in [0.5, 0.6) is 0 Å². The van der Waals surface area contributed by atoms with Gasteiger partial charge in [-0.1, -0.05) is 30.3 Å². The van der Waals surface area contributed by atoms with Gasteiger partial charge in [-0.15, -0.1) is 0 Å². The number of pyridine rings is 1. The van der Waals surface area contributed by atoms with Gasteiger partial charge in [-0.05, 0) is 17.7 Å². The molecule has 0 saturated carbocycles. The molecule has 2 N–H and O–H groups in total. The highest BCUT2D eigenvalue weighted by Crippen LogP contribution is 2.27. The number of nitrogens with zero attached hydrogens (tertiary/aromatic N) is 1. The second-order valence-corrected chi connectivity index (χ2v) is 4.98. The van der Waals surface area contributed by atoms with Crippen LogP contribution in [0.4, 0.5) is 13.2 Å². The van der Waals surface area contributed by atoms with Crippen molar-refractivity contribution in [2.24, 2.45) is 0 Å². The minimum absolute atomic E-state index is 0.00455. The van der Waals surface area contributed by atoms with Crippen LogP contribution in [-0.4, -0.2) is 28.6 Å². The van der Waals surface area contributed by atoms with Crippen molar-refractivity contribution >= 4 is 5.91 Å². The molecule has 1 unspecified atom stereocenters. The SMILES string of the molecule is O=C(NCC(O)Cc1ccccc1)c1ccc(C(F)(F)F)nc1. The van der Waals surface area contributed by atoms with Gasteiger partial charge in [-0.25, -0.2) is 0 Å². The van der Waals surface area contributed by atoms with Gasteiger partial charge in [0.05, 0.1) is 11.7 Å². The van der Waals surface area contributed by atoms with Gasteiger partial charge in [0.1, 0.15) is 5.69 Å². The number of aliphatic hydroxyl groups excluding tert-OH is 1. The van der Waals surface area contributed by atoms with Gasteiger partial charge in [0.25, 0.3) is 5.91 Å². The van der Waals surface area contributed by atoms with E-state index in [0.29, 0.717) is 6.42 Å². The minimum atomic E-state index is -4.54. The number of aromatic nitrogens is 1. The second kappa shape index (κ2) is 7.23. The minimum Gasteiger partial charge on any atom is -0.391 e. The molecule has 1 aromatic carbocycles. The largest absolute Gasteiger partial charge is 0.433 e. The number of alkyl halides is 3. The number of benzene rings is 1. The summed E-state index contributed by atoms with van der Waals surface area (Å²) in [5, 5.41) is 12.3. The fraction of sp³-hybridized carbons (Fsp3) is 0.250. The molecule has 0 aliphatic rings. The highest BCUT2D eigenvalue weighted by Gasteiger charge is 2.32. The Morgan fingerprint density at radius 1 is 1.17 bits per heavy atom. The number of amides is 1. The number of rotatable bonds is 5. The molecule has 0 aliphatic heterocycles. The number of hydrogen-bond donors (Lipinski definition) is 2. The zero-order chi connectivity index (χ0) is 16.9. The van der Waals surface area contributed by atoms with Gasteiger partial charge in [0.2, 0.25) is 0 Å². The molecule has 1 aromatic heterocycles. The van der Waals surface area contributed by atoms with Crippen LogP contribution >= 0.6 is 0 Å². The van der Waals surface area contributed by atoms with E-state index in [-0.39, 0.29) is 12.1 Å². The molecule has 4 nitrogen and oxygen atoms in total. The first-order valence-corrected chi connectivity index (χ1v) is 6.89. The predicted molar refractivity (Wildman–Crippen MR) is 77.7 cm³/mol. The zero-order valence-electron chi connectivity index (χ0n) is 12.0. The lowest BCUT2D eigenvalue weighted by Gasteiger charge is -2.12. The summed E-state index contributed by atoms with van der Waals surface area (Å²) >= 11 is 0. The van der Waals surface area contributed by atoms with Crippen LogP contribution in [0.3, 0.4) is 0 Å². The molecule has 0 fully saturated rings. The van der Waals surface area contributed by atoms with Gasteiger partial charge in [-0.3, -0.25) is 9.78 Å². The smallest absolute Gasteiger partial charge is 0.391 e. The van der Waals surface area contributed by atoms with Crippen molar-refractivity contribution < 1.29 is 23.1 Å². The Morgan fingerprint density at radius 3 is 2.43 bits per heavy atom. The van der Waals surface area contributed by atoms with E-state index in [9.17, 15) is 23.1 Å². The third-order valence-corrected chi connectivity index (χ3v) is 3.13. The summed E-state index contributed by atoms with van der Waals surface area (Å²) in [5.74, 6) is -0.585. The van der Waals surface area contributed by atoms with Gasteiger partial charge < -0.3 is 10.4 Å². The summed E-state index contributed by atoms with van der Waals surface area (Å²) in [6.45, 7) is -0.00521. The Kier molecular flexibility index (Phi) is 5.33. The average molecular weight is 324 g/mol. The Morgan fingerprint density at radius 2 is 1.87 bits per heavy atom. The van der Waals surface area contributed by atoms with E-state index < -0.39 is 23.9 Å². The fourth-order valence-corrected chi connectivity index (χ4v) is 1.97. The van der Waals surface area contributed by atoms with Crippen molar-refractivity contribution in [3.05, 3.63) is 65.5 Å². The lowest BCUT2D eigenvalue weighted by molar-refractivity contribution is -0.141. The van der Waals surface area contributed by atoms with Crippen molar-refractivity contribution in [2.75, 3.05) is 6.54 Å². The summed E-state index contributed by atoms with van der Waals surface area (Å²) in [5.41, 5.74) is -0.131. The molecule has 2 rings (SSSR count). The van der Waals surface area contributed by atoms with Gasteiger partial charge in [0, 0.05) is 19.2 Å². The fourth-order valence-electron chi connectivity index (χ4n) is 1.97. The molecule has 0 radical (unpaired) electrons. The lowest BCUT2D eigenvalue weighted by atomic mass is 10.1. The number of hydrogen-bond acceptors (Lipinski definition) is 3. The quantitative estimate of drug-likeness (QED) is 0.888. The molecule has 0 bridgehead atoms. The molecular weight excluding hydrogens is 309 g/mol. The van der Waals surface area contributed by atoms with Crippen molar-refractivity contribution in [3.8, 4) is 0 Å². The number of halogens is 3. The number of carbonyl (C=O) groups excluding carboxylic acids is 1. The normalized spacial score (nSPS) is 12.7. The van der Waals surface area contributed by atoms with E-state index in [2.05, 4.69) is 10.3 Å². The maximum Gasteiger partial charge on any atom is 0.433 e. The zero-order valence-corrected chi connectivity index (χ0v) is 12.0. The molecular formula is C16H15F3N2O2. The van der Waals surface area contributed by atoms with Gasteiger partial charge in [0.15, 0.2) is 0 Å². The Bertz CT molecular complexity index is 643. The molecule has 7 heteroatoms. The van der Waals surface area contributed by atoms with E-state index in [1.807, 2.05) is 30.3 Å². The standard InChI is InChI=1S/C16H15F3N2O2/c17-16(18,19)14-7-6-12(9-20-14)15(23)21-10-13(22)8-11-4-2-1-3-5-11/h1-7,9,13,22H,8,10H2,(H,21,23). The highest BCUT2D eigenvalue weighted by atomic mass is 19.4. The summed E-state index contributed by atoms with van der Waals surface area (Å²) < 4.78 is 37.2. The molecule has 0 spiro atoms. The maximum absolute atomic E-state index is 12.4. The number of aliphatic hydroxyl groups is 1. The first-order chi connectivity index (χ1) is 10.9. The summed E-state index contributed by atoms with van der Waals surface area (Å²) in [6, 6.07) is 11.0. The Balaban J connectivity index is 1.87. The van der Waals surface area contributed by atoms with Crippen LogP contribution in [0.25, 0.3) is 0 Å². The molecule has 122 valence electrons. The maximum atomic E-state index is 12.4. The van der Waals surface area contributed by atoms with Crippen LogP contribution in [0.2, 0.25) is 0 Å². The summed E-state index contributed by atoms with van der Waals surface area (Å²) in [6.07, 6.45) is -4.10. The van der Waals surface area contributed by atoms with Crippen LogP contribution < -0.4 is 5.32 Å². The summed E-state index contributed by atoms with van der Waals surface area (Å²) in [7, 11) is 0. The topological polar surface area (TPSA) is 62.2 Å². The molecule has 1 heterocycles. The molecule has 0 aliphatic carbocycles. The average Bonchev–Trinajstić information content (AvgIpc) is 2.53. The monoisotopic (exact) mass is 324 g/mol. The second-order valence-electron chi connectivity index (χ2n) is 4.98. The van der Waals surface area contributed by atoms with Crippen LogP contribution in [-0.2, 0) is 12.6 Å². The predicted octanol–water partition coefficient (Wildman–Crippen LogP) is 2.43. The van der Waals surface area contributed by atoms with Crippen LogP contribution in [0.15, 0.2) is 48.7 Å². The van der Waals surface area contributed by atoms with E-state index in [1.165, 1.54) is 0 Å². The first-order valence-electron chi connectivity index (χ1n) is 6.89. The lowest BCUT2D eigenvalue weighted by Crippen LogP contribution is -2.33. The Hall–Kier alpha value is -2.41. The van der Waals surface area contributed by atoms with E-state index in [0.717, 1.165) is 23.9 Å². The number of nitrogens with one attached hydrogen (secondary N) is 1. The van der Waals surface area contributed by atoms with Crippen molar-refractivity contribution in [1.82, 2.24) is 10.3 Å². The molecule has 1 amide bonds. The van der Waals surface area contributed by atoms with Gasteiger partial charge >= 0.3 is 6.18 Å². The van der Waals surface area contributed by atoms with Gasteiger partial charge in [-0.2, -0.15) is 13.2 Å². The first kappa shape index (κ1) is 17.0.